The number of nitrogens with zero attached hydrogens (tertiary/aromatic N) is 1. The molecule has 5 heteroatoms. The Hall–Kier alpha value is -1.36. The van der Waals surface area contributed by atoms with Crippen molar-refractivity contribution in [1.29, 1.82) is 0 Å². The number of H-pyrrole nitrogens is 1. The van der Waals surface area contributed by atoms with Crippen molar-refractivity contribution < 1.29 is 9.90 Å². The fraction of sp³-hybridized carbons (Fsp3) is 0.111. The van der Waals surface area contributed by atoms with Gasteiger partial charge in [0.25, 0.3) is 0 Å². The van der Waals surface area contributed by atoms with E-state index >= 15 is 0 Å². The highest BCUT2D eigenvalue weighted by Gasteiger charge is 2.15. The lowest BCUT2D eigenvalue weighted by atomic mass is 10.3. The van der Waals surface area contributed by atoms with Crippen molar-refractivity contribution in [3.05, 3.63) is 28.0 Å². The van der Waals surface area contributed by atoms with Crippen LogP contribution in [0.3, 0.4) is 0 Å². The third kappa shape index (κ3) is 1.29. The molecule has 4 nitrogen and oxygen atoms in total. The minimum Gasteiger partial charge on any atom is -0.477 e. The second-order valence-electron chi connectivity index (χ2n) is 2.97. The van der Waals surface area contributed by atoms with E-state index in [4.69, 9.17) is 5.11 Å². The topological polar surface area (TPSA) is 66.0 Å². The summed E-state index contributed by atoms with van der Waals surface area (Å²) in [4.78, 5) is 17.7. The van der Waals surface area contributed by atoms with Crippen molar-refractivity contribution in [1.82, 2.24) is 9.97 Å². The highest BCUT2D eigenvalue weighted by molar-refractivity contribution is 9.10. The highest BCUT2D eigenvalue weighted by Crippen LogP contribution is 2.26. The van der Waals surface area contributed by atoms with Gasteiger partial charge in [0.1, 0.15) is 11.3 Å². The molecule has 0 radical (unpaired) electrons. The quantitative estimate of drug-likeness (QED) is 0.821. The van der Waals surface area contributed by atoms with E-state index in [0.717, 1.165) is 11.1 Å². The summed E-state index contributed by atoms with van der Waals surface area (Å²) in [5, 5.41) is 9.63. The normalized spacial score (nSPS) is 10.7. The smallest absolute Gasteiger partial charge is 0.353 e. The lowest BCUT2D eigenvalue weighted by Gasteiger charge is -1.91. The van der Waals surface area contributed by atoms with Gasteiger partial charge < -0.3 is 10.1 Å². The summed E-state index contributed by atoms with van der Waals surface area (Å²) in [5.41, 5.74) is 1.58. The first kappa shape index (κ1) is 9.21. The molecule has 0 bridgehead atoms. The average Bonchev–Trinajstić information content (AvgIpc) is 2.43. The zero-order valence-electron chi connectivity index (χ0n) is 7.34. The highest BCUT2D eigenvalue weighted by atomic mass is 79.9. The minimum atomic E-state index is -0.993. The SMILES string of the molecule is Cc1ccc2c(Br)c(C(=O)O)[nH]c2n1. The number of aromatic carboxylic acids is 1. The van der Waals surface area contributed by atoms with Crippen molar-refractivity contribution in [3.63, 3.8) is 0 Å². The first-order valence-electron chi connectivity index (χ1n) is 3.97. The van der Waals surface area contributed by atoms with Crippen LogP contribution in [0.25, 0.3) is 11.0 Å². The van der Waals surface area contributed by atoms with Gasteiger partial charge in [-0.15, -0.1) is 0 Å². The zero-order chi connectivity index (χ0) is 10.3. The van der Waals surface area contributed by atoms with Gasteiger partial charge in [-0.05, 0) is 35.0 Å². The van der Waals surface area contributed by atoms with Crippen molar-refractivity contribution in [2.75, 3.05) is 0 Å². The average molecular weight is 255 g/mol. The van der Waals surface area contributed by atoms with E-state index in [1.54, 1.807) is 0 Å². The first-order chi connectivity index (χ1) is 6.59. The number of aryl methyl sites for hydroxylation is 1. The molecule has 2 heterocycles. The largest absolute Gasteiger partial charge is 0.477 e. The van der Waals surface area contributed by atoms with Crippen LogP contribution < -0.4 is 0 Å². The standard InChI is InChI=1S/C9H7BrN2O2/c1-4-2-3-5-6(10)7(9(13)14)12-8(5)11-4/h2-3H,1H3,(H,11,12)(H,13,14). The van der Waals surface area contributed by atoms with Crippen molar-refractivity contribution in [2.24, 2.45) is 0 Å². The van der Waals surface area contributed by atoms with Crippen molar-refractivity contribution >= 4 is 32.9 Å². The number of carbonyl (C=O) groups is 1. The van der Waals surface area contributed by atoms with Crippen LogP contribution in [0, 0.1) is 6.92 Å². The Balaban J connectivity index is 2.79. The Morgan fingerprint density at radius 3 is 2.93 bits per heavy atom. The maximum atomic E-state index is 10.8. The van der Waals surface area contributed by atoms with E-state index in [0.29, 0.717) is 10.1 Å². The van der Waals surface area contributed by atoms with Crippen molar-refractivity contribution in [3.8, 4) is 0 Å². The van der Waals surface area contributed by atoms with Crippen LogP contribution in [0.4, 0.5) is 0 Å². The van der Waals surface area contributed by atoms with Gasteiger partial charge in [-0.2, -0.15) is 0 Å². The van der Waals surface area contributed by atoms with E-state index in [-0.39, 0.29) is 5.69 Å². The van der Waals surface area contributed by atoms with Gasteiger partial charge in [-0.3, -0.25) is 0 Å². The molecule has 14 heavy (non-hydrogen) atoms. The Morgan fingerprint density at radius 2 is 2.29 bits per heavy atom. The third-order valence-corrected chi connectivity index (χ3v) is 2.77. The molecule has 72 valence electrons. The summed E-state index contributed by atoms with van der Waals surface area (Å²) >= 11 is 3.22. The molecular weight excluding hydrogens is 248 g/mol. The molecule has 0 aliphatic heterocycles. The second-order valence-corrected chi connectivity index (χ2v) is 3.76. The maximum absolute atomic E-state index is 10.8. The number of pyridine rings is 1. The number of nitrogens with one attached hydrogen (secondary N) is 1. The fourth-order valence-electron chi connectivity index (χ4n) is 1.28. The summed E-state index contributed by atoms with van der Waals surface area (Å²) in [6, 6.07) is 3.68. The molecule has 0 atom stereocenters. The molecule has 0 saturated heterocycles. The fourth-order valence-corrected chi connectivity index (χ4v) is 1.87. The Bertz CT molecular complexity index is 519. The number of rotatable bonds is 1. The number of fused-ring (bicyclic) bond motifs is 1. The van der Waals surface area contributed by atoms with Crippen LogP contribution in [-0.4, -0.2) is 21.0 Å². The molecular formula is C9H7BrN2O2. The summed E-state index contributed by atoms with van der Waals surface area (Å²) in [6.45, 7) is 1.86. The van der Waals surface area contributed by atoms with Crippen LogP contribution in [0.1, 0.15) is 16.2 Å². The van der Waals surface area contributed by atoms with Crippen molar-refractivity contribution in [2.45, 2.75) is 6.92 Å². The molecule has 0 aliphatic carbocycles. The van der Waals surface area contributed by atoms with Gasteiger partial charge in [0, 0.05) is 11.1 Å². The van der Waals surface area contributed by atoms with Gasteiger partial charge in [-0.1, -0.05) is 0 Å². The predicted octanol–water partition coefficient (Wildman–Crippen LogP) is 2.33. The van der Waals surface area contributed by atoms with E-state index in [1.165, 1.54) is 0 Å². The summed E-state index contributed by atoms with van der Waals surface area (Å²) in [5.74, 6) is -0.993. The summed E-state index contributed by atoms with van der Waals surface area (Å²) < 4.78 is 0.549. The van der Waals surface area contributed by atoms with Crippen LogP contribution in [0.5, 0.6) is 0 Å². The van der Waals surface area contributed by atoms with E-state index < -0.39 is 5.97 Å². The molecule has 0 saturated carbocycles. The molecule has 0 aromatic carbocycles. The van der Waals surface area contributed by atoms with Gasteiger partial charge >= 0.3 is 5.97 Å². The van der Waals surface area contributed by atoms with Gasteiger partial charge in [0.05, 0.1) is 4.47 Å². The van der Waals surface area contributed by atoms with Crippen LogP contribution in [0.2, 0.25) is 0 Å². The van der Waals surface area contributed by atoms with Crippen LogP contribution in [0.15, 0.2) is 16.6 Å². The molecule has 0 aliphatic rings. The molecule has 2 aromatic heterocycles. The number of aromatic nitrogens is 2. The Labute approximate surface area is 88.1 Å². The number of carboxylic acid groups (broad SMARTS) is 1. The Morgan fingerprint density at radius 1 is 1.57 bits per heavy atom. The van der Waals surface area contributed by atoms with Gasteiger partial charge in [0.15, 0.2) is 0 Å². The lowest BCUT2D eigenvalue weighted by Crippen LogP contribution is -1.96. The van der Waals surface area contributed by atoms with E-state index in [1.807, 2.05) is 19.1 Å². The number of halogens is 1. The summed E-state index contributed by atoms with van der Waals surface area (Å²) in [7, 11) is 0. The number of hydrogen-bond acceptors (Lipinski definition) is 2. The van der Waals surface area contributed by atoms with E-state index in [9.17, 15) is 4.79 Å². The zero-order valence-corrected chi connectivity index (χ0v) is 8.92. The molecule has 2 N–H and O–H groups in total. The van der Waals surface area contributed by atoms with E-state index in [2.05, 4.69) is 25.9 Å². The predicted molar refractivity (Wildman–Crippen MR) is 55.5 cm³/mol. The number of carboxylic acids is 1. The monoisotopic (exact) mass is 254 g/mol. The van der Waals surface area contributed by atoms with Crippen LogP contribution >= 0.6 is 15.9 Å². The minimum absolute atomic E-state index is 0.137. The lowest BCUT2D eigenvalue weighted by molar-refractivity contribution is 0.0690. The molecule has 2 aromatic rings. The first-order valence-corrected chi connectivity index (χ1v) is 4.77. The second kappa shape index (κ2) is 3.09. The molecule has 0 unspecified atom stereocenters. The van der Waals surface area contributed by atoms with Crippen LogP contribution in [-0.2, 0) is 0 Å². The number of aromatic amines is 1. The Kier molecular flexibility index (Phi) is 2.03. The molecule has 0 amide bonds. The van der Waals surface area contributed by atoms with Gasteiger partial charge in [-0.25, -0.2) is 9.78 Å². The molecule has 0 spiro atoms. The molecule has 0 fully saturated rings. The maximum Gasteiger partial charge on any atom is 0.353 e. The molecule has 2 rings (SSSR count). The number of hydrogen-bond donors (Lipinski definition) is 2. The van der Waals surface area contributed by atoms with Gasteiger partial charge in [0.2, 0.25) is 0 Å². The third-order valence-electron chi connectivity index (χ3n) is 1.95. The summed E-state index contributed by atoms with van der Waals surface area (Å²) in [6.07, 6.45) is 0.